The molecule has 0 unspecified atom stereocenters. The zero-order chi connectivity index (χ0) is 29.1. The second kappa shape index (κ2) is 11.1. The topological polar surface area (TPSA) is 116 Å². The summed E-state index contributed by atoms with van der Waals surface area (Å²) < 4.78 is 18.8. The number of nitrogens with zero attached hydrogens (tertiary/aromatic N) is 3. The molecule has 8 nitrogen and oxygen atoms in total. The molecule has 2 aromatic carbocycles. The van der Waals surface area contributed by atoms with Gasteiger partial charge in [-0.25, -0.2) is 4.57 Å². The number of nitriles is 2. The van der Waals surface area contributed by atoms with Crippen LogP contribution < -0.4 is 14.0 Å². The molecular formula is C33H24N3O5+. The van der Waals surface area contributed by atoms with Crippen LogP contribution in [0.25, 0.3) is 17.1 Å². The number of carbonyl (C=O) groups excluding carboxylic acids is 1. The van der Waals surface area contributed by atoms with Crippen LogP contribution >= 0.6 is 0 Å². The van der Waals surface area contributed by atoms with Crippen molar-refractivity contribution in [2.75, 3.05) is 14.2 Å². The first kappa shape index (κ1) is 26.7. The van der Waals surface area contributed by atoms with E-state index in [0.717, 1.165) is 5.56 Å². The molecule has 0 radical (unpaired) electrons. The normalized spacial score (nSPS) is 16.8. The molecule has 3 aromatic rings. The molecule has 0 atom stereocenters. The molecule has 0 saturated carbocycles. The predicted octanol–water partition coefficient (Wildman–Crippen LogP) is 5.13. The van der Waals surface area contributed by atoms with Gasteiger partial charge in [0, 0.05) is 34.4 Å². The zero-order valence-corrected chi connectivity index (χ0v) is 22.5. The van der Waals surface area contributed by atoms with Gasteiger partial charge in [0.2, 0.25) is 5.78 Å². The number of Topliss-reactive ketones (excluding diaryl/α,β-unsaturated/α-hetero) is 1. The maximum Gasteiger partial charge on any atom is 0.203 e. The molecule has 200 valence electrons. The Morgan fingerprint density at radius 1 is 0.854 bits per heavy atom. The van der Waals surface area contributed by atoms with Gasteiger partial charge in [-0.2, -0.15) is 10.5 Å². The number of pyridine rings is 1. The molecule has 1 aliphatic heterocycles. The van der Waals surface area contributed by atoms with Gasteiger partial charge in [-0.3, -0.25) is 4.79 Å². The lowest BCUT2D eigenvalue weighted by Gasteiger charge is -2.24. The van der Waals surface area contributed by atoms with E-state index in [1.54, 1.807) is 59.4 Å². The average Bonchev–Trinajstić information content (AvgIpc) is 3.02. The summed E-state index contributed by atoms with van der Waals surface area (Å²) in [7, 11) is 4.89. The number of ether oxygens (including phenoxy) is 3. The van der Waals surface area contributed by atoms with Gasteiger partial charge in [0.15, 0.2) is 23.9 Å². The molecule has 0 bridgehead atoms. The van der Waals surface area contributed by atoms with Crippen LogP contribution in [0.2, 0.25) is 0 Å². The van der Waals surface area contributed by atoms with Crippen molar-refractivity contribution in [2.24, 2.45) is 7.05 Å². The number of ketones is 1. The minimum absolute atomic E-state index is 0.0354. The Balaban J connectivity index is 1.69. The Morgan fingerprint density at radius 2 is 1.49 bits per heavy atom. The molecule has 0 amide bonds. The van der Waals surface area contributed by atoms with Crippen molar-refractivity contribution >= 4 is 22.9 Å². The standard InChI is InChI=1S/C33H23N3O5/c1-36-13-11-20(12-14-36)24(18-34)30-32(37)31(33(30)38)25(19-35)23-16-27(21-7-5-4-6-8-21)41-28(17-23)22-9-10-26(39-2)29(15-22)40-3/h4-17H,1-3H3/p+1/b25-23-. The molecule has 0 fully saturated rings. The molecule has 0 spiro atoms. The fourth-order valence-corrected chi connectivity index (χ4v) is 4.59. The van der Waals surface area contributed by atoms with Gasteiger partial charge in [-0.15, -0.1) is 0 Å². The van der Waals surface area contributed by atoms with E-state index in [4.69, 9.17) is 14.2 Å². The zero-order valence-electron chi connectivity index (χ0n) is 22.5. The summed E-state index contributed by atoms with van der Waals surface area (Å²) in [5, 5.41) is 31.1. The van der Waals surface area contributed by atoms with Crippen molar-refractivity contribution in [3.05, 3.63) is 130 Å². The molecule has 41 heavy (non-hydrogen) atoms. The first-order chi connectivity index (χ1) is 19.9. The molecule has 2 heterocycles. The number of aromatic nitrogens is 1. The first-order valence-corrected chi connectivity index (χ1v) is 12.5. The van der Waals surface area contributed by atoms with E-state index in [9.17, 15) is 20.4 Å². The smallest absolute Gasteiger partial charge is 0.203 e. The van der Waals surface area contributed by atoms with Gasteiger partial charge in [0.25, 0.3) is 0 Å². The highest BCUT2D eigenvalue weighted by Gasteiger charge is 2.40. The maximum absolute atomic E-state index is 13.4. The molecule has 5 rings (SSSR count). The van der Waals surface area contributed by atoms with Crippen molar-refractivity contribution in [1.82, 2.24) is 0 Å². The largest absolute Gasteiger partial charge is 0.506 e. The summed E-state index contributed by atoms with van der Waals surface area (Å²) in [5.41, 5.74) is 1.96. The van der Waals surface area contributed by atoms with Crippen LogP contribution in [0.15, 0.2) is 113 Å². The Hall–Kier alpha value is -5.86. The van der Waals surface area contributed by atoms with E-state index < -0.39 is 11.5 Å². The summed E-state index contributed by atoms with van der Waals surface area (Å²) in [4.78, 5) is 13.4. The van der Waals surface area contributed by atoms with Gasteiger partial charge in [-0.05, 0) is 30.4 Å². The SMILES string of the molecule is COc1ccc(C2=C/C(=C(/C#N)C3=C(O)/C(=C(/C#N)c4cc[n+](C)cc4)C3=O)C=C(c3ccccc3)O2)cc1OC. The highest BCUT2D eigenvalue weighted by atomic mass is 16.5. The highest BCUT2D eigenvalue weighted by Crippen LogP contribution is 2.42. The Morgan fingerprint density at radius 3 is 2.07 bits per heavy atom. The summed E-state index contributed by atoms with van der Waals surface area (Å²) in [6.45, 7) is 0. The number of aliphatic hydroxyl groups is 1. The molecule has 1 N–H and O–H groups in total. The van der Waals surface area contributed by atoms with Crippen LogP contribution in [-0.2, 0) is 16.6 Å². The van der Waals surface area contributed by atoms with Crippen molar-refractivity contribution in [3.8, 4) is 23.6 Å². The van der Waals surface area contributed by atoms with Crippen molar-refractivity contribution in [1.29, 1.82) is 10.5 Å². The number of aryl methyl sites for hydroxylation is 1. The summed E-state index contributed by atoms with van der Waals surface area (Å²) in [6.07, 6.45) is 6.75. The summed E-state index contributed by atoms with van der Waals surface area (Å²) in [5.74, 6) is 0.879. The van der Waals surface area contributed by atoms with Crippen LogP contribution in [0.1, 0.15) is 16.7 Å². The Bertz CT molecular complexity index is 1810. The Kier molecular flexibility index (Phi) is 7.23. The van der Waals surface area contributed by atoms with Crippen LogP contribution in [0.3, 0.4) is 0 Å². The summed E-state index contributed by atoms with van der Waals surface area (Å²) in [6, 6.07) is 22.0. The second-order valence-corrected chi connectivity index (χ2v) is 9.16. The molecule has 1 aromatic heterocycles. The number of allylic oxidation sites excluding steroid dienone is 7. The Labute approximate surface area is 236 Å². The van der Waals surface area contributed by atoms with Crippen molar-refractivity contribution in [3.63, 3.8) is 0 Å². The van der Waals surface area contributed by atoms with Crippen molar-refractivity contribution in [2.45, 2.75) is 0 Å². The molecule has 1 aliphatic carbocycles. The van der Waals surface area contributed by atoms with Crippen molar-refractivity contribution < 1.29 is 28.7 Å². The lowest BCUT2D eigenvalue weighted by atomic mass is 9.78. The predicted molar refractivity (Wildman–Crippen MR) is 150 cm³/mol. The number of methoxy groups -OCH3 is 2. The third kappa shape index (κ3) is 4.87. The monoisotopic (exact) mass is 542 g/mol. The molecule has 8 heteroatoms. The van der Waals surface area contributed by atoms with E-state index in [0.29, 0.717) is 39.7 Å². The number of hydrogen-bond acceptors (Lipinski definition) is 7. The van der Waals surface area contributed by atoms with Crippen LogP contribution in [0, 0.1) is 22.7 Å². The fraction of sp³-hybridized carbons (Fsp3) is 0.0909. The van der Waals surface area contributed by atoms with Gasteiger partial charge in [0.1, 0.15) is 36.5 Å². The van der Waals surface area contributed by atoms with E-state index in [-0.39, 0.29) is 22.3 Å². The summed E-state index contributed by atoms with van der Waals surface area (Å²) >= 11 is 0. The number of carbonyl (C=O) groups is 1. The van der Waals surface area contributed by atoms with Crippen LogP contribution in [0.4, 0.5) is 0 Å². The fourth-order valence-electron chi connectivity index (χ4n) is 4.59. The van der Waals surface area contributed by atoms with E-state index in [1.807, 2.05) is 43.4 Å². The van der Waals surface area contributed by atoms with Gasteiger partial charge >= 0.3 is 0 Å². The van der Waals surface area contributed by atoms with Crippen LogP contribution in [0.5, 0.6) is 11.5 Å². The van der Waals surface area contributed by atoms with Crippen LogP contribution in [-0.4, -0.2) is 25.1 Å². The average molecular weight is 543 g/mol. The highest BCUT2D eigenvalue weighted by molar-refractivity contribution is 6.27. The van der Waals surface area contributed by atoms with E-state index in [2.05, 4.69) is 6.07 Å². The first-order valence-electron chi connectivity index (χ1n) is 12.5. The second-order valence-electron chi connectivity index (χ2n) is 9.16. The third-order valence-electron chi connectivity index (χ3n) is 6.73. The van der Waals surface area contributed by atoms with E-state index in [1.165, 1.54) is 14.2 Å². The number of rotatable bonds is 6. The van der Waals surface area contributed by atoms with Gasteiger partial charge in [-0.1, -0.05) is 30.3 Å². The number of aliphatic hydroxyl groups excluding tert-OH is 1. The maximum atomic E-state index is 13.4. The lowest BCUT2D eigenvalue weighted by molar-refractivity contribution is -0.671. The minimum Gasteiger partial charge on any atom is -0.506 e. The molecule has 0 saturated heterocycles. The number of hydrogen-bond donors (Lipinski definition) is 1. The minimum atomic E-state index is -0.585. The van der Waals surface area contributed by atoms with Gasteiger partial charge in [0.05, 0.1) is 36.5 Å². The third-order valence-corrected chi connectivity index (χ3v) is 6.73. The van der Waals surface area contributed by atoms with E-state index >= 15 is 0 Å². The quantitative estimate of drug-likeness (QED) is 0.261. The van der Waals surface area contributed by atoms with Gasteiger partial charge < -0.3 is 19.3 Å². The molecular weight excluding hydrogens is 518 g/mol. The number of benzene rings is 2. The lowest BCUT2D eigenvalue weighted by Crippen LogP contribution is -2.27. The molecule has 2 aliphatic rings.